The predicted molar refractivity (Wildman–Crippen MR) is 135 cm³/mol. The molecule has 0 atom stereocenters. The number of alkyl halides is 3. The van der Waals surface area contributed by atoms with Crippen molar-refractivity contribution in [2.45, 2.75) is 19.7 Å². The van der Waals surface area contributed by atoms with E-state index in [-0.39, 0.29) is 17.9 Å². The number of aromatic nitrogens is 3. The van der Waals surface area contributed by atoms with Gasteiger partial charge >= 0.3 is 6.36 Å². The molecule has 0 saturated carbocycles. The number of hydrogen-bond acceptors (Lipinski definition) is 6. The van der Waals surface area contributed by atoms with Gasteiger partial charge in [-0.2, -0.15) is 0 Å². The number of para-hydroxylation sites is 1. The van der Waals surface area contributed by atoms with Gasteiger partial charge in [0.15, 0.2) is 5.69 Å². The van der Waals surface area contributed by atoms with Crippen LogP contribution in [0.2, 0.25) is 0 Å². The first kappa shape index (κ1) is 25.3. The summed E-state index contributed by atoms with van der Waals surface area (Å²) >= 11 is 1.28. The number of halogens is 4. The van der Waals surface area contributed by atoms with Crippen LogP contribution in [0.5, 0.6) is 5.75 Å². The minimum Gasteiger partial charge on any atom is -0.406 e. The number of primary amides is 1. The third-order valence-corrected chi connectivity index (χ3v) is 6.75. The van der Waals surface area contributed by atoms with E-state index in [4.69, 9.17) is 5.73 Å². The van der Waals surface area contributed by atoms with E-state index in [2.05, 4.69) is 19.7 Å². The molecule has 3 aromatic carbocycles. The van der Waals surface area contributed by atoms with E-state index >= 15 is 0 Å². The number of hydrogen-bond donors (Lipinski definition) is 1. The number of thiazole rings is 1. The van der Waals surface area contributed by atoms with Gasteiger partial charge in [0.25, 0.3) is 5.91 Å². The van der Waals surface area contributed by atoms with Crippen LogP contribution in [0.4, 0.5) is 17.6 Å². The molecule has 2 heterocycles. The lowest BCUT2D eigenvalue weighted by Gasteiger charge is -2.11. The Labute approximate surface area is 217 Å². The maximum atomic E-state index is 14.6. The van der Waals surface area contributed by atoms with Crippen LogP contribution in [0.1, 0.15) is 26.6 Å². The Morgan fingerprint density at radius 3 is 2.50 bits per heavy atom. The molecule has 2 aromatic heterocycles. The third-order valence-electron chi connectivity index (χ3n) is 5.71. The molecule has 11 heteroatoms. The van der Waals surface area contributed by atoms with Crippen molar-refractivity contribution in [3.05, 3.63) is 94.5 Å². The van der Waals surface area contributed by atoms with Crippen molar-refractivity contribution in [3.63, 3.8) is 0 Å². The van der Waals surface area contributed by atoms with Crippen molar-refractivity contribution >= 4 is 28.3 Å². The van der Waals surface area contributed by atoms with Crippen LogP contribution in [0.15, 0.2) is 66.9 Å². The molecule has 0 aliphatic carbocycles. The Hall–Kier alpha value is -4.38. The predicted octanol–water partition coefficient (Wildman–Crippen LogP) is 6.46. The van der Waals surface area contributed by atoms with Gasteiger partial charge < -0.3 is 10.5 Å². The SMILES string of the molecule is Cc1cc(-c2ncc(Cc3nc4c(-c5ccccc5F)cccc4nc3C(N)=O)s2)ccc1OC(F)(F)F. The third kappa shape index (κ3) is 5.18. The van der Waals surface area contributed by atoms with Crippen LogP contribution in [0.25, 0.3) is 32.7 Å². The highest BCUT2D eigenvalue weighted by atomic mass is 32.1. The zero-order valence-electron chi connectivity index (χ0n) is 19.7. The standard InChI is InChI=1S/C27H18F4N4O2S/c1-14-11-15(9-10-22(14)37-27(29,30)31)26-33-13-16(38-26)12-21-24(25(32)36)34-20-8-4-6-18(23(20)35-21)17-5-2-3-7-19(17)28/h2-11,13H,12H2,1H3,(H2,32,36). The number of nitrogens with two attached hydrogens (primary N) is 1. The number of benzene rings is 3. The average Bonchev–Trinajstić information content (AvgIpc) is 3.32. The number of carbonyl (C=O) groups excluding carboxylic acids is 1. The van der Waals surface area contributed by atoms with Crippen LogP contribution in [-0.4, -0.2) is 27.2 Å². The van der Waals surface area contributed by atoms with E-state index in [9.17, 15) is 22.4 Å². The summed E-state index contributed by atoms with van der Waals surface area (Å²) in [6, 6.07) is 15.7. The zero-order chi connectivity index (χ0) is 27.0. The smallest absolute Gasteiger partial charge is 0.406 e. The summed E-state index contributed by atoms with van der Waals surface area (Å²) in [4.78, 5) is 26.4. The summed E-state index contributed by atoms with van der Waals surface area (Å²) in [6.45, 7) is 1.51. The van der Waals surface area contributed by atoms with Gasteiger partial charge in [0, 0.05) is 34.2 Å². The minimum atomic E-state index is -4.79. The number of fused-ring (bicyclic) bond motifs is 1. The van der Waals surface area contributed by atoms with Gasteiger partial charge in [-0.1, -0.05) is 30.3 Å². The lowest BCUT2D eigenvalue weighted by molar-refractivity contribution is -0.274. The summed E-state index contributed by atoms with van der Waals surface area (Å²) in [5.74, 6) is -1.47. The fourth-order valence-corrected chi connectivity index (χ4v) is 4.95. The highest BCUT2D eigenvalue weighted by molar-refractivity contribution is 7.15. The quantitative estimate of drug-likeness (QED) is 0.251. The van der Waals surface area contributed by atoms with Crippen LogP contribution in [0.3, 0.4) is 0 Å². The lowest BCUT2D eigenvalue weighted by Crippen LogP contribution is -2.17. The number of aryl methyl sites for hydroxylation is 1. The molecule has 6 nitrogen and oxygen atoms in total. The Bertz CT molecular complexity index is 1680. The molecule has 0 fully saturated rings. The second-order valence-electron chi connectivity index (χ2n) is 8.37. The Morgan fingerprint density at radius 1 is 1.03 bits per heavy atom. The molecular formula is C27H18F4N4O2S. The van der Waals surface area contributed by atoms with Crippen molar-refractivity contribution < 1.29 is 27.1 Å². The highest BCUT2D eigenvalue weighted by Gasteiger charge is 2.31. The first-order chi connectivity index (χ1) is 18.1. The lowest BCUT2D eigenvalue weighted by atomic mass is 10.0. The fraction of sp³-hybridized carbons (Fsp3) is 0.111. The maximum absolute atomic E-state index is 14.6. The molecule has 0 unspecified atom stereocenters. The van der Waals surface area contributed by atoms with Gasteiger partial charge in [-0.05, 0) is 42.8 Å². The molecule has 5 rings (SSSR count). The fourth-order valence-electron chi connectivity index (χ4n) is 4.04. The van der Waals surface area contributed by atoms with Crippen molar-refractivity contribution in [1.29, 1.82) is 0 Å². The molecule has 192 valence electrons. The Kier molecular flexibility index (Phi) is 6.53. The number of rotatable bonds is 6. The van der Waals surface area contributed by atoms with E-state index in [1.165, 1.54) is 36.5 Å². The summed E-state index contributed by atoms with van der Waals surface area (Å²) in [7, 11) is 0. The van der Waals surface area contributed by atoms with Gasteiger partial charge in [-0.15, -0.1) is 24.5 Å². The molecule has 0 aliphatic heterocycles. The molecule has 5 aromatic rings. The van der Waals surface area contributed by atoms with Crippen LogP contribution in [0, 0.1) is 12.7 Å². The summed E-state index contributed by atoms with van der Waals surface area (Å²) in [6.07, 6.45) is -3.03. The molecule has 1 amide bonds. The molecule has 2 N–H and O–H groups in total. The summed E-state index contributed by atoms with van der Waals surface area (Å²) in [5, 5.41) is 0.558. The van der Waals surface area contributed by atoms with E-state index in [0.29, 0.717) is 48.9 Å². The van der Waals surface area contributed by atoms with Crippen LogP contribution < -0.4 is 10.5 Å². The second-order valence-corrected chi connectivity index (χ2v) is 9.49. The van der Waals surface area contributed by atoms with E-state index in [0.717, 1.165) is 0 Å². The topological polar surface area (TPSA) is 91.0 Å². The molecule has 0 radical (unpaired) electrons. The number of nitrogens with zero attached hydrogens (tertiary/aromatic N) is 3. The second kappa shape index (κ2) is 9.82. The van der Waals surface area contributed by atoms with Crippen molar-refractivity contribution in [1.82, 2.24) is 15.0 Å². The molecule has 0 spiro atoms. The Morgan fingerprint density at radius 2 is 1.79 bits per heavy atom. The average molecular weight is 539 g/mol. The van der Waals surface area contributed by atoms with Crippen molar-refractivity contribution in [2.75, 3.05) is 0 Å². The van der Waals surface area contributed by atoms with Gasteiger partial charge in [0.05, 0.1) is 16.7 Å². The van der Waals surface area contributed by atoms with E-state index in [1.807, 2.05) is 0 Å². The van der Waals surface area contributed by atoms with Gasteiger partial charge in [-0.25, -0.2) is 19.3 Å². The monoisotopic (exact) mass is 538 g/mol. The molecular weight excluding hydrogens is 520 g/mol. The maximum Gasteiger partial charge on any atom is 0.573 e. The van der Waals surface area contributed by atoms with Crippen molar-refractivity contribution in [2.24, 2.45) is 5.73 Å². The largest absolute Gasteiger partial charge is 0.573 e. The number of amides is 1. The van der Waals surface area contributed by atoms with Gasteiger partial charge in [0.2, 0.25) is 0 Å². The minimum absolute atomic E-state index is 0.0115. The normalized spacial score (nSPS) is 11.6. The Balaban J connectivity index is 1.51. The van der Waals surface area contributed by atoms with E-state index < -0.39 is 18.1 Å². The molecule has 0 bridgehead atoms. The van der Waals surface area contributed by atoms with Crippen LogP contribution >= 0.6 is 11.3 Å². The van der Waals surface area contributed by atoms with Crippen molar-refractivity contribution in [3.8, 4) is 27.4 Å². The first-order valence-electron chi connectivity index (χ1n) is 11.2. The number of carbonyl (C=O) groups is 1. The van der Waals surface area contributed by atoms with Gasteiger partial charge in [-0.3, -0.25) is 4.79 Å². The summed E-state index contributed by atoms with van der Waals surface area (Å²) < 4.78 is 56.4. The van der Waals surface area contributed by atoms with Crippen LogP contribution in [-0.2, 0) is 6.42 Å². The molecule has 38 heavy (non-hydrogen) atoms. The molecule has 0 aliphatic rings. The zero-order valence-corrected chi connectivity index (χ0v) is 20.5. The van der Waals surface area contributed by atoms with Gasteiger partial charge in [0.1, 0.15) is 16.6 Å². The number of ether oxygens (including phenoxy) is 1. The summed E-state index contributed by atoms with van der Waals surface area (Å²) in [5.41, 5.74) is 8.47. The first-order valence-corrected chi connectivity index (χ1v) is 12.1. The highest BCUT2D eigenvalue weighted by Crippen LogP contribution is 2.33. The van der Waals surface area contributed by atoms with E-state index in [1.54, 1.807) is 48.7 Å². The molecule has 0 saturated heterocycles.